The van der Waals surface area contributed by atoms with Crippen molar-refractivity contribution in [1.82, 2.24) is 14.8 Å². The van der Waals surface area contributed by atoms with Crippen LogP contribution in [0.5, 0.6) is 17.2 Å². The van der Waals surface area contributed by atoms with Gasteiger partial charge in [0.05, 0.1) is 30.4 Å². The molecule has 0 radical (unpaired) electrons. The maximum absolute atomic E-state index is 13.2. The van der Waals surface area contributed by atoms with Gasteiger partial charge in [0, 0.05) is 55.4 Å². The lowest BCUT2D eigenvalue weighted by molar-refractivity contribution is 0.0627. The predicted molar refractivity (Wildman–Crippen MR) is 156 cm³/mol. The van der Waals surface area contributed by atoms with Crippen LogP contribution in [-0.2, 0) is 22.1 Å². The molecule has 0 unspecified atom stereocenters. The van der Waals surface area contributed by atoms with Gasteiger partial charge in [-0.25, -0.2) is 8.42 Å². The number of para-hydroxylation sites is 1. The van der Waals surface area contributed by atoms with Gasteiger partial charge in [-0.3, -0.25) is 14.7 Å². The van der Waals surface area contributed by atoms with Gasteiger partial charge in [0.1, 0.15) is 0 Å². The average Bonchev–Trinajstić information content (AvgIpc) is 2.99. The summed E-state index contributed by atoms with van der Waals surface area (Å²) >= 11 is 0. The van der Waals surface area contributed by atoms with Crippen LogP contribution in [0.25, 0.3) is 10.9 Å². The number of carbonyl (C=O) groups is 1. The number of amides is 1. The molecule has 1 saturated heterocycles. The lowest BCUT2D eigenvalue weighted by Gasteiger charge is -2.35. The molecule has 1 aliphatic heterocycles. The topological polar surface area (TPSA) is 109 Å². The lowest BCUT2D eigenvalue weighted by Crippen LogP contribution is -2.48. The number of hydrogen-bond donors (Lipinski definition) is 1. The van der Waals surface area contributed by atoms with E-state index in [1.807, 2.05) is 25.1 Å². The first-order chi connectivity index (χ1) is 19.7. The third-order valence-electron chi connectivity index (χ3n) is 7.50. The summed E-state index contributed by atoms with van der Waals surface area (Å²) in [6.45, 7) is 4.81. The zero-order chi connectivity index (χ0) is 29.1. The summed E-state index contributed by atoms with van der Waals surface area (Å²) in [4.78, 5) is 21.7. The van der Waals surface area contributed by atoms with Crippen molar-refractivity contribution in [3.63, 3.8) is 0 Å². The molecule has 41 heavy (non-hydrogen) atoms. The number of rotatable bonds is 8. The van der Waals surface area contributed by atoms with Crippen molar-refractivity contribution in [2.24, 2.45) is 0 Å². The quantitative estimate of drug-likeness (QED) is 0.333. The maximum Gasteiger partial charge on any atom is 0.253 e. The first kappa shape index (κ1) is 28.4. The van der Waals surface area contributed by atoms with Gasteiger partial charge in [-0.2, -0.15) is 0 Å². The Bertz CT molecular complexity index is 1680. The number of piperazine rings is 1. The number of aromatic hydroxyl groups is 1. The molecule has 0 spiro atoms. The van der Waals surface area contributed by atoms with Crippen molar-refractivity contribution in [1.29, 1.82) is 0 Å². The van der Waals surface area contributed by atoms with E-state index in [0.717, 1.165) is 16.5 Å². The van der Waals surface area contributed by atoms with Crippen molar-refractivity contribution in [2.75, 3.05) is 40.4 Å². The van der Waals surface area contributed by atoms with Gasteiger partial charge < -0.3 is 19.5 Å². The number of aryl methyl sites for hydroxylation is 1. The fourth-order valence-electron chi connectivity index (χ4n) is 5.22. The molecule has 3 aromatic carbocycles. The molecular formula is C31H33N3O6S. The van der Waals surface area contributed by atoms with E-state index >= 15 is 0 Å². The van der Waals surface area contributed by atoms with E-state index in [-0.39, 0.29) is 22.3 Å². The molecule has 10 heteroatoms. The highest BCUT2D eigenvalue weighted by atomic mass is 32.2. The van der Waals surface area contributed by atoms with Gasteiger partial charge in [-0.05, 0) is 48.4 Å². The van der Waals surface area contributed by atoms with Gasteiger partial charge in [0.25, 0.3) is 5.91 Å². The minimum Gasteiger partial charge on any atom is -0.504 e. The smallest absolute Gasteiger partial charge is 0.253 e. The molecule has 214 valence electrons. The average molecular weight is 576 g/mol. The number of fused-ring (bicyclic) bond motifs is 1. The molecule has 1 amide bonds. The Morgan fingerprint density at radius 3 is 2.37 bits per heavy atom. The third-order valence-corrected chi connectivity index (χ3v) is 9.21. The molecule has 4 aromatic rings. The van der Waals surface area contributed by atoms with Crippen LogP contribution in [0.4, 0.5) is 0 Å². The zero-order valence-corrected chi connectivity index (χ0v) is 24.1. The second kappa shape index (κ2) is 11.8. The standard InChI is InChI=1S/C31H33N3O6S/c1-21-18-26(39-2)30(40-3)29(35)25(21)19-33-14-16-34(17-15-33)31(36)24-11-9-22(10-12-24)20-41(37,38)27-8-4-6-23-7-5-13-32-28(23)27/h4-13,18,35H,14-17,19-20H2,1-3H3. The van der Waals surface area contributed by atoms with Crippen LogP contribution in [0.2, 0.25) is 0 Å². The summed E-state index contributed by atoms with van der Waals surface area (Å²) in [5.74, 6) is 0.588. The monoisotopic (exact) mass is 575 g/mol. The second-order valence-corrected chi connectivity index (χ2v) is 12.1. The highest BCUT2D eigenvalue weighted by Crippen LogP contribution is 2.41. The molecule has 9 nitrogen and oxygen atoms in total. The van der Waals surface area contributed by atoms with Crippen LogP contribution >= 0.6 is 0 Å². The first-order valence-electron chi connectivity index (χ1n) is 13.3. The van der Waals surface area contributed by atoms with Crippen LogP contribution in [0.15, 0.2) is 71.8 Å². The zero-order valence-electron chi connectivity index (χ0n) is 23.3. The summed E-state index contributed by atoms with van der Waals surface area (Å²) in [6.07, 6.45) is 1.59. The van der Waals surface area contributed by atoms with Crippen molar-refractivity contribution in [3.05, 3.63) is 89.1 Å². The summed E-state index contributed by atoms with van der Waals surface area (Å²) in [7, 11) is -0.607. The van der Waals surface area contributed by atoms with Crippen LogP contribution in [0, 0.1) is 6.92 Å². The molecule has 1 aliphatic rings. The maximum atomic E-state index is 13.2. The number of methoxy groups -OCH3 is 2. The Morgan fingerprint density at radius 2 is 1.68 bits per heavy atom. The van der Waals surface area contributed by atoms with Gasteiger partial charge >= 0.3 is 0 Å². The summed E-state index contributed by atoms with van der Waals surface area (Å²) in [5.41, 5.74) is 3.24. The van der Waals surface area contributed by atoms with Crippen molar-refractivity contribution < 1.29 is 27.8 Å². The summed E-state index contributed by atoms with van der Waals surface area (Å²) in [5, 5.41) is 11.5. The van der Waals surface area contributed by atoms with E-state index in [1.54, 1.807) is 53.6 Å². The minimum absolute atomic E-state index is 0.0710. The second-order valence-electron chi connectivity index (χ2n) is 10.1. The number of nitrogens with zero attached hydrogens (tertiary/aromatic N) is 3. The van der Waals surface area contributed by atoms with E-state index in [1.165, 1.54) is 14.2 Å². The number of hydrogen-bond acceptors (Lipinski definition) is 8. The number of phenols is 1. The lowest BCUT2D eigenvalue weighted by atomic mass is 10.0. The van der Waals surface area contributed by atoms with Crippen LogP contribution < -0.4 is 9.47 Å². The largest absolute Gasteiger partial charge is 0.504 e. The van der Waals surface area contributed by atoms with Gasteiger partial charge in [-0.15, -0.1) is 0 Å². The molecule has 5 rings (SSSR count). The molecule has 1 fully saturated rings. The predicted octanol–water partition coefficient (Wildman–Crippen LogP) is 4.20. The van der Waals surface area contributed by atoms with Crippen LogP contribution in [-0.4, -0.2) is 74.6 Å². The number of ether oxygens (including phenoxy) is 2. The SMILES string of the molecule is COc1cc(C)c(CN2CCN(C(=O)c3ccc(CS(=O)(=O)c4cccc5cccnc45)cc3)CC2)c(O)c1OC. The van der Waals surface area contributed by atoms with E-state index in [4.69, 9.17) is 9.47 Å². The number of benzene rings is 3. The molecular weight excluding hydrogens is 542 g/mol. The summed E-state index contributed by atoms with van der Waals surface area (Å²) in [6, 6.07) is 17.4. The molecule has 0 bridgehead atoms. The van der Waals surface area contributed by atoms with E-state index in [9.17, 15) is 18.3 Å². The Hall–Kier alpha value is -4.15. The molecule has 0 aliphatic carbocycles. The number of carbonyl (C=O) groups excluding carboxylic acids is 1. The fraction of sp³-hybridized carbons (Fsp3) is 0.290. The van der Waals surface area contributed by atoms with E-state index < -0.39 is 9.84 Å². The molecule has 0 saturated carbocycles. The number of sulfone groups is 1. The van der Waals surface area contributed by atoms with Crippen molar-refractivity contribution >= 4 is 26.6 Å². The summed E-state index contributed by atoms with van der Waals surface area (Å²) < 4.78 is 37.1. The minimum atomic E-state index is -3.64. The van der Waals surface area contributed by atoms with Crippen LogP contribution in [0.3, 0.4) is 0 Å². The van der Waals surface area contributed by atoms with Crippen LogP contribution in [0.1, 0.15) is 27.0 Å². The Kier molecular flexibility index (Phi) is 8.14. The Morgan fingerprint density at radius 1 is 0.976 bits per heavy atom. The molecule has 2 heterocycles. The van der Waals surface area contributed by atoms with Crippen molar-refractivity contribution in [2.45, 2.75) is 24.1 Å². The number of phenolic OH excluding ortho intramolecular Hbond substituents is 1. The van der Waals surface area contributed by atoms with E-state index in [0.29, 0.717) is 60.9 Å². The number of pyridine rings is 1. The van der Waals surface area contributed by atoms with Gasteiger partial charge in [0.2, 0.25) is 5.75 Å². The highest BCUT2D eigenvalue weighted by Gasteiger charge is 2.25. The molecule has 0 atom stereocenters. The van der Waals surface area contributed by atoms with Gasteiger partial charge in [0.15, 0.2) is 21.3 Å². The van der Waals surface area contributed by atoms with E-state index in [2.05, 4.69) is 9.88 Å². The molecule has 1 aromatic heterocycles. The fourth-order valence-corrected chi connectivity index (χ4v) is 6.76. The molecule has 1 N–H and O–H groups in total. The Labute approximate surface area is 239 Å². The normalized spacial score (nSPS) is 14.3. The Balaban J connectivity index is 1.22. The number of aromatic nitrogens is 1. The first-order valence-corrected chi connectivity index (χ1v) is 15.0. The van der Waals surface area contributed by atoms with Gasteiger partial charge in [-0.1, -0.05) is 30.3 Å². The van der Waals surface area contributed by atoms with Crippen molar-refractivity contribution in [3.8, 4) is 17.2 Å². The highest BCUT2D eigenvalue weighted by molar-refractivity contribution is 7.90. The third kappa shape index (κ3) is 5.84.